The second-order valence-corrected chi connectivity index (χ2v) is 10.1. The third kappa shape index (κ3) is 4.85. The number of fused-ring (bicyclic) bond motifs is 1. The van der Waals surface area contributed by atoms with Crippen LogP contribution in [0.25, 0.3) is 27.4 Å². The highest BCUT2D eigenvalue weighted by molar-refractivity contribution is 8.18. The van der Waals surface area contributed by atoms with Gasteiger partial charge in [0, 0.05) is 35.1 Å². The van der Waals surface area contributed by atoms with Gasteiger partial charge < -0.3 is 10.2 Å². The summed E-state index contributed by atoms with van der Waals surface area (Å²) in [4.78, 5) is 44.8. The van der Waals surface area contributed by atoms with E-state index in [1.54, 1.807) is 12.3 Å². The van der Waals surface area contributed by atoms with Gasteiger partial charge in [-0.05, 0) is 79.7 Å². The smallest absolute Gasteiger partial charge is 0.290 e. The quantitative estimate of drug-likeness (QED) is 0.518. The van der Waals surface area contributed by atoms with Crippen LogP contribution in [0, 0.1) is 0 Å². The van der Waals surface area contributed by atoms with Gasteiger partial charge in [0.1, 0.15) is 0 Å². The summed E-state index contributed by atoms with van der Waals surface area (Å²) in [6.07, 6.45) is 5.94. The molecule has 5 rings (SSSR count). The number of aromatic nitrogens is 1. The fraction of sp³-hybridized carbons (Fsp3) is 0.250. The minimum absolute atomic E-state index is 0.0526. The highest BCUT2D eigenvalue weighted by Crippen LogP contribution is 2.34. The maximum atomic E-state index is 12.6. The number of nitrogens with zero attached hydrogens (tertiary/aromatic N) is 2. The summed E-state index contributed by atoms with van der Waals surface area (Å²) >= 11 is 2.35. The molecule has 0 aliphatic carbocycles. The molecule has 1 aromatic carbocycles. The number of rotatable bonds is 6. The fourth-order valence-electron chi connectivity index (χ4n) is 4.07. The van der Waals surface area contributed by atoms with Crippen LogP contribution in [-0.4, -0.2) is 53.1 Å². The SMILES string of the molecule is O=C1NC(=O)/C(=C\c2ccc3nccc(-c4ccc(C(=O)NCCN5CCCC5)s4)c3c2)S1. The van der Waals surface area contributed by atoms with Crippen molar-refractivity contribution >= 4 is 57.1 Å². The molecule has 2 fully saturated rings. The lowest BCUT2D eigenvalue weighted by molar-refractivity contribution is -0.115. The monoisotopic (exact) mass is 478 g/mol. The van der Waals surface area contributed by atoms with Crippen LogP contribution in [-0.2, 0) is 4.79 Å². The maximum absolute atomic E-state index is 12.6. The van der Waals surface area contributed by atoms with Gasteiger partial charge in [-0.25, -0.2) is 0 Å². The molecule has 2 saturated heterocycles. The summed E-state index contributed by atoms with van der Waals surface area (Å²) in [5.74, 6) is -0.432. The van der Waals surface area contributed by atoms with Crippen molar-refractivity contribution in [2.45, 2.75) is 12.8 Å². The number of nitrogens with one attached hydrogen (secondary N) is 2. The van der Waals surface area contributed by atoms with Crippen molar-refractivity contribution in [1.82, 2.24) is 20.5 Å². The Morgan fingerprint density at radius 3 is 2.79 bits per heavy atom. The number of benzene rings is 1. The van der Waals surface area contributed by atoms with E-state index >= 15 is 0 Å². The van der Waals surface area contributed by atoms with Crippen molar-refractivity contribution in [3.63, 3.8) is 0 Å². The van der Waals surface area contributed by atoms with Crippen molar-refractivity contribution < 1.29 is 14.4 Å². The van der Waals surface area contributed by atoms with E-state index in [1.807, 2.05) is 36.4 Å². The van der Waals surface area contributed by atoms with E-state index in [0.29, 0.717) is 16.3 Å². The van der Waals surface area contributed by atoms with E-state index in [2.05, 4.69) is 20.5 Å². The third-order valence-corrected chi connectivity index (χ3v) is 7.64. The lowest BCUT2D eigenvalue weighted by Gasteiger charge is -2.14. The van der Waals surface area contributed by atoms with Crippen LogP contribution in [0.2, 0.25) is 0 Å². The molecule has 2 N–H and O–H groups in total. The van der Waals surface area contributed by atoms with Gasteiger partial charge in [0.2, 0.25) is 0 Å². The Morgan fingerprint density at radius 1 is 1.15 bits per heavy atom. The molecule has 4 heterocycles. The molecule has 7 nitrogen and oxygen atoms in total. The van der Waals surface area contributed by atoms with Crippen LogP contribution < -0.4 is 10.6 Å². The zero-order valence-corrected chi connectivity index (χ0v) is 19.4. The number of hydrogen-bond acceptors (Lipinski definition) is 7. The Balaban J connectivity index is 1.36. The van der Waals surface area contributed by atoms with E-state index in [0.717, 1.165) is 58.3 Å². The molecule has 0 atom stereocenters. The van der Waals surface area contributed by atoms with Crippen LogP contribution in [0.3, 0.4) is 0 Å². The number of carbonyl (C=O) groups is 3. The highest BCUT2D eigenvalue weighted by atomic mass is 32.2. The standard InChI is InChI=1S/C24H22N4O3S2/c29-22(26-9-12-28-10-1-2-11-28)20-6-5-19(32-20)16-7-8-25-18-4-3-15(13-17(16)18)14-21-23(30)27-24(31)33-21/h3-8,13-14H,1-2,9-12H2,(H,26,29)(H,27,30,31)/b21-14+. The Morgan fingerprint density at radius 2 is 2.00 bits per heavy atom. The van der Waals surface area contributed by atoms with E-state index < -0.39 is 0 Å². The van der Waals surface area contributed by atoms with Crippen LogP contribution in [0.15, 0.2) is 47.5 Å². The summed E-state index contributed by atoms with van der Waals surface area (Å²) in [5.41, 5.74) is 2.60. The van der Waals surface area contributed by atoms with Crippen molar-refractivity contribution in [1.29, 1.82) is 0 Å². The highest BCUT2D eigenvalue weighted by Gasteiger charge is 2.25. The zero-order chi connectivity index (χ0) is 22.8. The van der Waals surface area contributed by atoms with Crippen LogP contribution in [0.4, 0.5) is 4.79 Å². The predicted octanol–water partition coefficient (Wildman–Crippen LogP) is 4.11. The molecule has 3 aromatic rings. The molecule has 0 saturated carbocycles. The van der Waals surface area contributed by atoms with Crippen molar-refractivity contribution in [3.05, 3.63) is 57.9 Å². The Kier molecular flexibility index (Phi) is 6.26. The van der Waals surface area contributed by atoms with Crippen LogP contribution >= 0.6 is 23.1 Å². The summed E-state index contributed by atoms with van der Waals surface area (Å²) < 4.78 is 0. The number of thioether (sulfide) groups is 1. The average molecular weight is 479 g/mol. The zero-order valence-electron chi connectivity index (χ0n) is 17.8. The summed E-state index contributed by atoms with van der Waals surface area (Å²) in [6, 6.07) is 11.5. The first-order valence-electron chi connectivity index (χ1n) is 10.8. The fourth-order valence-corrected chi connectivity index (χ4v) is 5.71. The molecular formula is C24H22N4O3S2. The van der Waals surface area contributed by atoms with Gasteiger partial charge in [0.15, 0.2) is 0 Å². The van der Waals surface area contributed by atoms with Crippen LogP contribution in [0.5, 0.6) is 0 Å². The number of thiophene rings is 1. The largest absolute Gasteiger partial charge is 0.350 e. The number of pyridine rings is 1. The molecule has 2 aromatic heterocycles. The van der Waals surface area contributed by atoms with Gasteiger partial charge >= 0.3 is 0 Å². The van der Waals surface area contributed by atoms with Crippen molar-refractivity contribution in [2.24, 2.45) is 0 Å². The van der Waals surface area contributed by atoms with Gasteiger partial charge in [0.25, 0.3) is 17.1 Å². The van der Waals surface area contributed by atoms with Crippen LogP contribution in [0.1, 0.15) is 28.1 Å². The van der Waals surface area contributed by atoms with Gasteiger partial charge in [0.05, 0.1) is 15.3 Å². The van der Waals surface area contributed by atoms with E-state index in [1.165, 1.54) is 24.2 Å². The number of imide groups is 1. The number of likely N-dealkylation sites (tertiary alicyclic amines) is 1. The number of hydrogen-bond donors (Lipinski definition) is 2. The normalized spacial score (nSPS) is 17.8. The minimum atomic E-state index is -0.379. The molecule has 0 unspecified atom stereocenters. The first kappa shape index (κ1) is 21.8. The van der Waals surface area contributed by atoms with Gasteiger partial charge in [-0.1, -0.05) is 6.07 Å². The van der Waals surface area contributed by atoms with Gasteiger partial charge in [-0.2, -0.15) is 0 Å². The first-order valence-corrected chi connectivity index (χ1v) is 12.4. The van der Waals surface area contributed by atoms with Crippen molar-refractivity contribution in [2.75, 3.05) is 26.2 Å². The Bertz CT molecular complexity index is 1280. The molecule has 168 valence electrons. The first-order chi connectivity index (χ1) is 16.1. The predicted molar refractivity (Wildman–Crippen MR) is 132 cm³/mol. The molecule has 0 spiro atoms. The Labute approximate surface area is 199 Å². The van der Waals surface area contributed by atoms with E-state index in [4.69, 9.17) is 0 Å². The van der Waals surface area contributed by atoms with E-state index in [-0.39, 0.29) is 17.1 Å². The number of amides is 3. The average Bonchev–Trinajstić information content (AvgIpc) is 3.56. The second-order valence-electron chi connectivity index (χ2n) is 7.96. The third-order valence-electron chi connectivity index (χ3n) is 5.71. The Hall–Kier alpha value is -3.01. The topological polar surface area (TPSA) is 91.4 Å². The number of carbonyl (C=O) groups excluding carboxylic acids is 3. The van der Waals surface area contributed by atoms with Crippen molar-refractivity contribution in [3.8, 4) is 10.4 Å². The molecule has 33 heavy (non-hydrogen) atoms. The van der Waals surface area contributed by atoms with Gasteiger partial charge in [-0.15, -0.1) is 11.3 Å². The molecular weight excluding hydrogens is 456 g/mol. The lowest BCUT2D eigenvalue weighted by Crippen LogP contribution is -2.33. The second kappa shape index (κ2) is 9.46. The summed E-state index contributed by atoms with van der Waals surface area (Å²) in [5, 5.41) is 5.86. The molecule has 0 bridgehead atoms. The molecule has 0 radical (unpaired) electrons. The molecule has 2 aliphatic rings. The molecule has 2 aliphatic heterocycles. The summed E-state index contributed by atoms with van der Waals surface area (Å²) in [6.45, 7) is 3.77. The van der Waals surface area contributed by atoms with E-state index in [9.17, 15) is 14.4 Å². The molecule has 3 amide bonds. The molecule has 9 heteroatoms. The minimum Gasteiger partial charge on any atom is -0.350 e. The lowest BCUT2D eigenvalue weighted by atomic mass is 10.0. The maximum Gasteiger partial charge on any atom is 0.290 e. The summed E-state index contributed by atoms with van der Waals surface area (Å²) in [7, 11) is 0. The van der Waals surface area contributed by atoms with Gasteiger partial charge in [-0.3, -0.25) is 24.7 Å².